The summed E-state index contributed by atoms with van der Waals surface area (Å²) in [5, 5.41) is 0. The van der Waals surface area contributed by atoms with E-state index in [1.165, 1.54) is 16.7 Å². The summed E-state index contributed by atoms with van der Waals surface area (Å²) in [6.07, 6.45) is 2.69. The zero-order valence-electron chi connectivity index (χ0n) is 21.3. The largest absolute Gasteiger partial charge is 0.232 e. The summed E-state index contributed by atoms with van der Waals surface area (Å²) in [6.45, 7) is 0. The van der Waals surface area contributed by atoms with Gasteiger partial charge in [-0.2, -0.15) is 0 Å². The van der Waals surface area contributed by atoms with Crippen molar-refractivity contribution in [3.63, 3.8) is 0 Å². The molecular weight excluding hydrogens is 540 g/mol. The van der Waals surface area contributed by atoms with Crippen molar-refractivity contribution >= 4 is 33.2 Å². The first-order valence-electron chi connectivity index (χ1n) is 12.9. The van der Waals surface area contributed by atoms with Crippen LogP contribution in [0.15, 0.2) is 160 Å². The number of amidine groups is 1. The molecule has 0 atom stereocenters. The quantitative estimate of drug-likeness (QED) is 0.190. The van der Waals surface area contributed by atoms with Crippen molar-refractivity contribution < 1.29 is 0 Å². The number of aliphatic imine (C=N–C) groups is 2. The minimum Gasteiger partial charge on any atom is -0.232 e. The molecule has 39 heavy (non-hydrogen) atoms. The molecule has 1 heterocycles. The average Bonchev–Trinajstić information content (AvgIpc) is 2.99. The second kappa shape index (κ2) is 11.4. The molecule has 3 heteroatoms. The lowest BCUT2D eigenvalue weighted by Crippen LogP contribution is -2.08. The summed E-state index contributed by atoms with van der Waals surface area (Å²) in [7, 11) is 0. The maximum Gasteiger partial charge on any atom is 0.160 e. The molecule has 5 aromatic rings. The van der Waals surface area contributed by atoms with E-state index < -0.39 is 0 Å². The van der Waals surface area contributed by atoms with Gasteiger partial charge in [-0.05, 0) is 58.2 Å². The molecule has 1 aliphatic rings. The van der Waals surface area contributed by atoms with Crippen LogP contribution in [0, 0.1) is 0 Å². The highest BCUT2D eigenvalue weighted by molar-refractivity contribution is 9.10. The fraction of sp³-hybridized carbons (Fsp3) is 0.0278. The Hall–Kier alpha value is -4.56. The second-order valence-corrected chi connectivity index (χ2v) is 10.2. The summed E-state index contributed by atoms with van der Waals surface area (Å²) < 4.78 is 1.08. The maximum absolute atomic E-state index is 5.13. The van der Waals surface area contributed by atoms with Crippen molar-refractivity contribution in [2.45, 2.75) is 6.42 Å². The zero-order chi connectivity index (χ0) is 26.4. The zero-order valence-corrected chi connectivity index (χ0v) is 22.8. The van der Waals surface area contributed by atoms with Gasteiger partial charge in [0, 0.05) is 22.0 Å². The highest BCUT2D eigenvalue weighted by Gasteiger charge is 2.12. The van der Waals surface area contributed by atoms with Gasteiger partial charge >= 0.3 is 0 Å². The van der Waals surface area contributed by atoms with Gasteiger partial charge in [-0.25, -0.2) is 9.98 Å². The molecule has 5 aromatic carbocycles. The van der Waals surface area contributed by atoms with E-state index in [0.717, 1.165) is 38.1 Å². The number of nitrogens with zero attached hydrogens (tertiary/aromatic N) is 2. The molecule has 0 bridgehead atoms. The standard InChI is InChI=1S/C36H25BrN2/c37-33-22-20-26(21-23-33)29-14-7-15-30(24-29)31-16-8-17-32(25-31)35-19-9-18-34(27-10-3-1-4-11-27)38-36(39-35)28-12-5-2-6-13-28/h1-17,20-25H,19H2/b38-36-,39-35+. The van der Waals surface area contributed by atoms with Crippen LogP contribution in [0.4, 0.5) is 0 Å². The van der Waals surface area contributed by atoms with E-state index in [9.17, 15) is 0 Å². The van der Waals surface area contributed by atoms with Gasteiger partial charge in [0.15, 0.2) is 5.84 Å². The third-order valence-electron chi connectivity index (χ3n) is 6.64. The van der Waals surface area contributed by atoms with E-state index in [-0.39, 0.29) is 0 Å². The molecule has 0 radical (unpaired) electrons. The molecule has 0 aliphatic carbocycles. The van der Waals surface area contributed by atoms with E-state index in [1.54, 1.807) is 0 Å². The Morgan fingerprint density at radius 1 is 0.487 bits per heavy atom. The van der Waals surface area contributed by atoms with E-state index in [1.807, 2.05) is 42.5 Å². The van der Waals surface area contributed by atoms with Crippen LogP contribution < -0.4 is 0 Å². The predicted molar refractivity (Wildman–Crippen MR) is 167 cm³/mol. The smallest absolute Gasteiger partial charge is 0.160 e. The molecule has 0 amide bonds. The summed E-state index contributed by atoms with van der Waals surface area (Å²) in [6, 6.07) is 46.0. The normalized spacial score (nSPS) is 15.8. The lowest BCUT2D eigenvalue weighted by atomic mass is 9.96. The van der Waals surface area contributed by atoms with Gasteiger partial charge < -0.3 is 0 Å². The van der Waals surface area contributed by atoms with Crippen LogP contribution in [0.3, 0.4) is 0 Å². The van der Waals surface area contributed by atoms with Gasteiger partial charge in [0.05, 0.1) is 5.71 Å². The molecule has 186 valence electrons. The fourth-order valence-electron chi connectivity index (χ4n) is 4.62. The van der Waals surface area contributed by atoms with Crippen LogP contribution in [0.1, 0.15) is 23.1 Å². The lowest BCUT2D eigenvalue weighted by molar-refractivity contribution is 1.37. The van der Waals surface area contributed by atoms with E-state index in [0.29, 0.717) is 12.3 Å². The Labute approximate surface area is 237 Å². The minimum atomic E-state index is 0.657. The van der Waals surface area contributed by atoms with Crippen molar-refractivity contribution in [2.75, 3.05) is 0 Å². The third-order valence-corrected chi connectivity index (χ3v) is 7.17. The molecule has 0 aromatic heterocycles. The van der Waals surface area contributed by atoms with Gasteiger partial charge in [-0.3, -0.25) is 0 Å². The van der Waals surface area contributed by atoms with Gasteiger partial charge in [-0.15, -0.1) is 0 Å². The van der Waals surface area contributed by atoms with Gasteiger partial charge in [0.2, 0.25) is 0 Å². The summed E-state index contributed by atoms with van der Waals surface area (Å²) >= 11 is 3.53. The number of benzene rings is 5. The first-order chi connectivity index (χ1) is 19.2. The Balaban J connectivity index is 1.39. The van der Waals surface area contributed by atoms with E-state index in [2.05, 4.69) is 119 Å². The topological polar surface area (TPSA) is 24.7 Å². The van der Waals surface area contributed by atoms with E-state index >= 15 is 0 Å². The molecule has 0 unspecified atom stereocenters. The monoisotopic (exact) mass is 564 g/mol. The van der Waals surface area contributed by atoms with Crippen LogP contribution in [0.5, 0.6) is 0 Å². The number of hydrogen-bond donors (Lipinski definition) is 0. The molecule has 0 saturated heterocycles. The average molecular weight is 566 g/mol. The molecule has 0 N–H and O–H groups in total. The number of allylic oxidation sites excluding steroid dienone is 1. The summed E-state index contributed by atoms with van der Waals surface area (Å²) in [5.74, 6) is 0.688. The van der Waals surface area contributed by atoms with Gasteiger partial charge in [0.25, 0.3) is 0 Å². The SMILES string of the molecule is Brc1ccc(-c2cccc(-c3cccc(/C4=N/C(c5ccccc5)=N\C(c5ccccc5)=C=CC4)c3)c2)cc1. The highest BCUT2D eigenvalue weighted by Crippen LogP contribution is 2.29. The Kier molecular flexibility index (Phi) is 7.27. The summed E-state index contributed by atoms with van der Waals surface area (Å²) in [5.41, 5.74) is 13.0. The highest BCUT2D eigenvalue weighted by atomic mass is 79.9. The Morgan fingerprint density at radius 3 is 1.69 bits per heavy atom. The summed E-state index contributed by atoms with van der Waals surface area (Å²) in [4.78, 5) is 10.1. The number of rotatable bonds is 5. The number of halogens is 1. The van der Waals surface area contributed by atoms with Crippen molar-refractivity contribution in [1.82, 2.24) is 0 Å². The van der Waals surface area contributed by atoms with Gasteiger partial charge in [0.1, 0.15) is 5.70 Å². The molecule has 6 rings (SSSR count). The third kappa shape index (κ3) is 5.81. The fourth-order valence-corrected chi connectivity index (χ4v) is 4.89. The van der Waals surface area contributed by atoms with Crippen molar-refractivity contribution in [2.24, 2.45) is 9.98 Å². The Morgan fingerprint density at radius 2 is 1.03 bits per heavy atom. The lowest BCUT2D eigenvalue weighted by Gasteiger charge is -2.12. The first-order valence-corrected chi connectivity index (χ1v) is 13.7. The number of hydrogen-bond acceptors (Lipinski definition) is 2. The second-order valence-electron chi connectivity index (χ2n) is 9.30. The van der Waals surface area contributed by atoms with E-state index in [4.69, 9.17) is 9.98 Å². The molecular formula is C36H25BrN2. The molecule has 0 saturated carbocycles. The van der Waals surface area contributed by atoms with Crippen molar-refractivity contribution in [3.05, 3.63) is 166 Å². The molecule has 0 spiro atoms. The maximum atomic E-state index is 5.13. The molecule has 1 aliphatic heterocycles. The van der Waals surface area contributed by atoms with Crippen molar-refractivity contribution in [1.29, 1.82) is 0 Å². The van der Waals surface area contributed by atoms with Crippen LogP contribution in [0.2, 0.25) is 0 Å². The first kappa shape index (κ1) is 24.8. The van der Waals surface area contributed by atoms with Crippen LogP contribution in [0.25, 0.3) is 28.0 Å². The van der Waals surface area contributed by atoms with Crippen molar-refractivity contribution in [3.8, 4) is 22.3 Å². The van der Waals surface area contributed by atoms with Crippen LogP contribution in [-0.2, 0) is 0 Å². The predicted octanol–water partition coefficient (Wildman–Crippen LogP) is 9.62. The molecule has 0 fully saturated rings. The van der Waals surface area contributed by atoms with Crippen LogP contribution >= 0.6 is 15.9 Å². The minimum absolute atomic E-state index is 0.657. The van der Waals surface area contributed by atoms with Gasteiger partial charge in [-0.1, -0.05) is 131 Å². The van der Waals surface area contributed by atoms with Crippen LogP contribution in [-0.4, -0.2) is 11.5 Å². The molecule has 2 nitrogen and oxygen atoms in total. The Bertz CT molecular complexity index is 1740.